The molecule has 0 aromatic heterocycles. The molecule has 1 heterocycles. The van der Waals surface area contributed by atoms with Crippen molar-refractivity contribution in [2.75, 3.05) is 18.1 Å². The van der Waals surface area contributed by atoms with Gasteiger partial charge in [0.25, 0.3) is 5.91 Å². The molecular weight excluding hydrogens is 266 g/mol. The predicted molar refractivity (Wildman–Crippen MR) is 74.3 cm³/mol. The van der Waals surface area contributed by atoms with Crippen LogP contribution in [0, 0.1) is 6.92 Å². The lowest BCUT2D eigenvalue weighted by molar-refractivity contribution is -0.128. The van der Waals surface area contributed by atoms with Crippen LogP contribution in [0.2, 0.25) is 0 Å². The summed E-state index contributed by atoms with van der Waals surface area (Å²) in [4.78, 5) is 13.0. The van der Waals surface area contributed by atoms with Gasteiger partial charge in [-0.05, 0) is 32.4 Å². The number of ether oxygens (including phenoxy) is 2. The first-order valence-electron chi connectivity index (χ1n) is 6.22. The van der Waals surface area contributed by atoms with Crippen LogP contribution in [0.4, 0.5) is 5.69 Å². The van der Waals surface area contributed by atoms with Crippen molar-refractivity contribution in [2.24, 2.45) is 0 Å². The number of aryl methyl sites for hydroxylation is 1. The second kappa shape index (κ2) is 5.49. The number of rotatable bonds is 3. The van der Waals surface area contributed by atoms with Crippen LogP contribution in [0.5, 0.6) is 0 Å². The number of alkyl halides is 1. The van der Waals surface area contributed by atoms with Gasteiger partial charge in [-0.2, -0.15) is 0 Å². The first-order valence-corrected chi connectivity index (χ1v) is 6.60. The molecule has 2 rings (SSSR count). The molecule has 1 aliphatic heterocycles. The number of halogens is 1. The Morgan fingerprint density at radius 2 is 1.89 bits per heavy atom. The van der Waals surface area contributed by atoms with Crippen molar-refractivity contribution in [3.05, 3.63) is 29.8 Å². The first-order chi connectivity index (χ1) is 8.91. The summed E-state index contributed by atoms with van der Waals surface area (Å²) in [5.74, 6) is -0.240. The molecule has 0 N–H and O–H groups in total. The number of nitrogens with zero attached hydrogens (tertiary/aromatic N) is 1. The van der Waals surface area contributed by atoms with E-state index in [2.05, 4.69) is 0 Å². The Bertz CT molecular complexity index is 464. The van der Waals surface area contributed by atoms with Gasteiger partial charge in [0.05, 0.1) is 18.9 Å². The van der Waals surface area contributed by atoms with Crippen LogP contribution >= 0.6 is 11.6 Å². The van der Waals surface area contributed by atoms with Crippen LogP contribution in [-0.2, 0) is 14.3 Å². The van der Waals surface area contributed by atoms with Crippen LogP contribution in [0.3, 0.4) is 0 Å². The van der Waals surface area contributed by atoms with Gasteiger partial charge in [0.15, 0.2) is 0 Å². The smallest absolute Gasteiger partial charge is 0.251 e. The minimum absolute atomic E-state index is 0.240. The number of amides is 1. The molecule has 0 saturated carbocycles. The van der Waals surface area contributed by atoms with Gasteiger partial charge in [-0.25, -0.2) is 0 Å². The van der Waals surface area contributed by atoms with E-state index in [0.29, 0.717) is 13.2 Å². The third-order valence-corrected chi connectivity index (χ3v) is 3.08. The zero-order chi connectivity index (χ0) is 14.0. The van der Waals surface area contributed by atoms with Crippen LogP contribution in [0.25, 0.3) is 0 Å². The summed E-state index contributed by atoms with van der Waals surface area (Å²) in [6.07, 6.45) is -0.702. The average molecular weight is 284 g/mol. The van der Waals surface area contributed by atoms with E-state index >= 15 is 0 Å². The molecule has 4 nitrogen and oxygen atoms in total. The van der Waals surface area contributed by atoms with E-state index in [4.69, 9.17) is 21.1 Å². The third kappa shape index (κ3) is 3.08. The molecule has 0 atom stereocenters. The van der Waals surface area contributed by atoms with Gasteiger partial charge >= 0.3 is 0 Å². The van der Waals surface area contributed by atoms with Gasteiger partial charge in [-0.3, -0.25) is 9.69 Å². The van der Waals surface area contributed by atoms with Crippen molar-refractivity contribution in [3.8, 4) is 0 Å². The second-order valence-electron chi connectivity index (χ2n) is 4.98. The molecule has 1 aromatic rings. The minimum Gasteiger partial charge on any atom is -0.332 e. The fourth-order valence-electron chi connectivity index (χ4n) is 1.93. The van der Waals surface area contributed by atoms with E-state index in [9.17, 15) is 4.79 Å². The summed E-state index contributed by atoms with van der Waals surface area (Å²) in [6, 6.07) is 7.59. The molecule has 1 amide bonds. The number of hydrogen-bond acceptors (Lipinski definition) is 3. The molecule has 104 valence electrons. The molecule has 0 radical (unpaired) electrons. The van der Waals surface area contributed by atoms with E-state index in [-0.39, 0.29) is 5.91 Å². The third-order valence-electron chi connectivity index (χ3n) is 2.92. The van der Waals surface area contributed by atoms with Gasteiger partial charge in [-0.15, -0.1) is 11.6 Å². The lowest BCUT2D eigenvalue weighted by Gasteiger charge is -2.32. The highest BCUT2D eigenvalue weighted by Gasteiger charge is 2.38. The van der Waals surface area contributed by atoms with Crippen molar-refractivity contribution in [2.45, 2.75) is 32.1 Å². The molecule has 1 aliphatic rings. The number of benzene rings is 1. The minimum atomic E-state index is -1.02. The van der Waals surface area contributed by atoms with Crippen molar-refractivity contribution in [1.29, 1.82) is 0 Å². The summed E-state index contributed by atoms with van der Waals surface area (Å²) in [6.45, 7) is 6.21. The number of para-hydroxylation sites is 1. The molecule has 0 aliphatic carbocycles. The normalized spacial score (nSPS) is 16.6. The lowest BCUT2D eigenvalue weighted by Crippen LogP contribution is -2.48. The van der Waals surface area contributed by atoms with Crippen molar-refractivity contribution in [3.63, 3.8) is 0 Å². The van der Waals surface area contributed by atoms with E-state index in [0.717, 1.165) is 11.3 Å². The Morgan fingerprint density at radius 3 is 2.42 bits per heavy atom. The molecule has 5 heteroatoms. The SMILES string of the molecule is Cc1ccccc1N(C(=O)C(C)(C)Cl)C1OCCO1. The molecule has 19 heavy (non-hydrogen) atoms. The Hall–Kier alpha value is -1.10. The van der Waals surface area contributed by atoms with Gasteiger partial charge < -0.3 is 9.47 Å². The summed E-state index contributed by atoms with van der Waals surface area (Å²) < 4.78 is 10.9. The molecule has 0 unspecified atom stereocenters. The maximum absolute atomic E-state index is 12.5. The van der Waals surface area contributed by atoms with Crippen molar-refractivity contribution < 1.29 is 14.3 Å². The molecule has 1 saturated heterocycles. The van der Waals surface area contributed by atoms with E-state index in [1.54, 1.807) is 13.8 Å². The fourth-order valence-corrected chi connectivity index (χ4v) is 2.02. The van der Waals surface area contributed by atoms with E-state index < -0.39 is 11.3 Å². The largest absolute Gasteiger partial charge is 0.332 e. The summed E-state index contributed by atoms with van der Waals surface area (Å²) in [5.41, 5.74) is 1.73. The highest BCUT2D eigenvalue weighted by Crippen LogP contribution is 2.29. The predicted octanol–water partition coefficient (Wildman–Crippen LogP) is 2.68. The van der Waals surface area contributed by atoms with E-state index in [1.165, 1.54) is 4.90 Å². The van der Waals surface area contributed by atoms with Gasteiger partial charge in [0.1, 0.15) is 4.87 Å². The van der Waals surface area contributed by atoms with Crippen molar-refractivity contribution >= 4 is 23.2 Å². The van der Waals surface area contributed by atoms with Crippen LogP contribution in [-0.4, -0.2) is 30.4 Å². The molecule has 1 aromatic carbocycles. The number of carbonyl (C=O) groups is 1. The van der Waals surface area contributed by atoms with Crippen LogP contribution < -0.4 is 4.90 Å². The average Bonchev–Trinajstić information content (AvgIpc) is 2.84. The Labute approximate surface area is 118 Å². The number of anilines is 1. The molecule has 0 spiro atoms. The Morgan fingerprint density at radius 1 is 1.32 bits per heavy atom. The molecular formula is C14H18ClNO3. The van der Waals surface area contributed by atoms with Crippen LogP contribution in [0.15, 0.2) is 24.3 Å². The Kier molecular flexibility index (Phi) is 4.13. The van der Waals surface area contributed by atoms with E-state index in [1.807, 2.05) is 31.2 Å². The highest BCUT2D eigenvalue weighted by atomic mass is 35.5. The lowest BCUT2D eigenvalue weighted by atomic mass is 10.1. The van der Waals surface area contributed by atoms with Gasteiger partial charge in [-0.1, -0.05) is 18.2 Å². The zero-order valence-corrected chi connectivity index (χ0v) is 12.1. The summed E-state index contributed by atoms with van der Waals surface area (Å²) in [5, 5.41) is 0. The quantitative estimate of drug-likeness (QED) is 0.801. The topological polar surface area (TPSA) is 38.8 Å². The summed E-state index contributed by atoms with van der Waals surface area (Å²) in [7, 11) is 0. The fraction of sp³-hybridized carbons (Fsp3) is 0.500. The monoisotopic (exact) mass is 283 g/mol. The number of hydrogen-bond donors (Lipinski definition) is 0. The highest BCUT2D eigenvalue weighted by molar-refractivity contribution is 6.36. The van der Waals surface area contributed by atoms with Crippen molar-refractivity contribution in [1.82, 2.24) is 0 Å². The maximum Gasteiger partial charge on any atom is 0.251 e. The molecule has 0 bridgehead atoms. The van der Waals surface area contributed by atoms with Crippen LogP contribution in [0.1, 0.15) is 19.4 Å². The van der Waals surface area contributed by atoms with Gasteiger partial charge in [0.2, 0.25) is 6.41 Å². The molecule has 1 fully saturated rings. The maximum atomic E-state index is 12.5. The zero-order valence-electron chi connectivity index (χ0n) is 11.4. The first kappa shape index (κ1) is 14.3. The standard InChI is InChI=1S/C14H18ClNO3/c1-10-6-4-5-7-11(10)16(12(17)14(2,3)15)13-18-8-9-19-13/h4-7,13H,8-9H2,1-3H3. The number of carbonyl (C=O) groups excluding carboxylic acids is 1. The summed E-state index contributed by atoms with van der Waals surface area (Å²) >= 11 is 6.16. The second-order valence-corrected chi connectivity index (χ2v) is 5.93. The Balaban J connectivity index is 2.40. The van der Waals surface area contributed by atoms with Gasteiger partial charge in [0, 0.05) is 0 Å².